The van der Waals surface area contributed by atoms with Gasteiger partial charge in [-0.2, -0.15) is 0 Å². The van der Waals surface area contributed by atoms with E-state index in [1.54, 1.807) is 6.20 Å². The fourth-order valence-corrected chi connectivity index (χ4v) is 2.37. The molecule has 0 amide bonds. The van der Waals surface area contributed by atoms with Gasteiger partial charge in [-0.05, 0) is 35.9 Å². The van der Waals surface area contributed by atoms with Crippen LogP contribution in [0.1, 0.15) is 0 Å². The molecule has 1 N–H and O–H groups in total. The molecule has 1 aromatic carbocycles. The van der Waals surface area contributed by atoms with Crippen LogP contribution in [-0.4, -0.2) is 19.7 Å². The maximum absolute atomic E-state index is 12.7. The Morgan fingerprint density at radius 3 is 2.31 bits per heavy atom. The molecule has 2 rings (SSSR count). The zero-order valence-electron chi connectivity index (χ0n) is 8.57. The van der Waals surface area contributed by atoms with Gasteiger partial charge in [-0.1, -0.05) is 0 Å². The molecule has 0 aliphatic carbocycles. The van der Waals surface area contributed by atoms with Crippen molar-refractivity contribution < 1.29 is 12.8 Å². The number of benzene rings is 1. The van der Waals surface area contributed by atoms with Crippen LogP contribution in [0.2, 0.25) is 0 Å². The zero-order chi connectivity index (χ0) is 11.8. The van der Waals surface area contributed by atoms with Crippen molar-refractivity contribution in [2.75, 3.05) is 6.26 Å². The Labute approximate surface area is 92.9 Å². The minimum atomic E-state index is -3.27. The standard InChI is InChI=1S/C11H10FNO2S/c1-16(14,15)10-6-7-13-11(10)8-2-4-9(12)5-3-8/h2-7,13H,1H3. The van der Waals surface area contributed by atoms with Gasteiger partial charge in [0.1, 0.15) is 5.82 Å². The molecule has 16 heavy (non-hydrogen) atoms. The molecule has 0 bridgehead atoms. The van der Waals surface area contributed by atoms with E-state index in [4.69, 9.17) is 0 Å². The van der Waals surface area contributed by atoms with Gasteiger partial charge in [0.2, 0.25) is 0 Å². The summed E-state index contributed by atoms with van der Waals surface area (Å²) in [6.45, 7) is 0. The topological polar surface area (TPSA) is 49.9 Å². The highest BCUT2D eigenvalue weighted by molar-refractivity contribution is 7.90. The highest BCUT2D eigenvalue weighted by Crippen LogP contribution is 2.25. The summed E-state index contributed by atoms with van der Waals surface area (Å²) in [6, 6.07) is 7.16. The van der Waals surface area contributed by atoms with Crippen molar-refractivity contribution in [3.8, 4) is 11.3 Å². The molecule has 0 unspecified atom stereocenters. The predicted molar refractivity (Wildman–Crippen MR) is 59.3 cm³/mol. The third-order valence-electron chi connectivity index (χ3n) is 2.24. The van der Waals surface area contributed by atoms with E-state index < -0.39 is 9.84 Å². The van der Waals surface area contributed by atoms with Crippen molar-refractivity contribution in [2.45, 2.75) is 4.90 Å². The van der Waals surface area contributed by atoms with E-state index in [2.05, 4.69) is 4.98 Å². The van der Waals surface area contributed by atoms with Gasteiger partial charge in [-0.3, -0.25) is 0 Å². The van der Waals surface area contributed by atoms with E-state index in [9.17, 15) is 12.8 Å². The molecule has 2 aromatic rings. The second-order valence-electron chi connectivity index (χ2n) is 3.50. The summed E-state index contributed by atoms with van der Waals surface area (Å²) in [5.74, 6) is -0.351. The smallest absolute Gasteiger partial charge is 0.177 e. The number of hydrogen-bond donors (Lipinski definition) is 1. The number of aromatic amines is 1. The lowest BCUT2D eigenvalue weighted by atomic mass is 10.1. The molecule has 0 spiro atoms. The SMILES string of the molecule is CS(=O)(=O)c1cc[nH]c1-c1ccc(F)cc1. The van der Waals surface area contributed by atoms with Crippen LogP contribution in [0.5, 0.6) is 0 Å². The first-order valence-electron chi connectivity index (χ1n) is 4.62. The average molecular weight is 239 g/mol. The highest BCUT2D eigenvalue weighted by Gasteiger charge is 2.15. The quantitative estimate of drug-likeness (QED) is 0.873. The van der Waals surface area contributed by atoms with Crippen LogP contribution in [0, 0.1) is 5.82 Å². The van der Waals surface area contributed by atoms with Crippen LogP contribution in [0.4, 0.5) is 4.39 Å². The first-order valence-corrected chi connectivity index (χ1v) is 6.51. The van der Waals surface area contributed by atoms with Gasteiger partial charge in [-0.25, -0.2) is 12.8 Å². The Hall–Kier alpha value is -1.62. The van der Waals surface area contributed by atoms with Crippen LogP contribution >= 0.6 is 0 Å². The Morgan fingerprint density at radius 1 is 1.12 bits per heavy atom. The molecule has 1 aromatic heterocycles. The largest absolute Gasteiger partial charge is 0.360 e. The third kappa shape index (κ3) is 1.99. The van der Waals surface area contributed by atoms with Gasteiger partial charge in [0.25, 0.3) is 0 Å². The fraction of sp³-hybridized carbons (Fsp3) is 0.0909. The lowest BCUT2D eigenvalue weighted by Crippen LogP contribution is -1.97. The Morgan fingerprint density at radius 2 is 1.75 bits per heavy atom. The zero-order valence-corrected chi connectivity index (χ0v) is 9.38. The Bertz CT molecular complexity index is 599. The number of hydrogen-bond acceptors (Lipinski definition) is 2. The third-order valence-corrected chi connectivity index (χ3v) is 3.38. The maximum atomic E-state index is 12.7. The molecule has 0 saturated carbocycles. The van der Waals surface area contributed by atoms with E-state index in [1.165, 1.54) is 30.3 Å². The van der Waals surface area contributed by atoms with Crippen molar-refractivity contribution in [1.29, 1.82) is 0 Å². The molecular formula is C11H10FNO2S. The molecule has 0 radical (unpaired) electrons. The lowest BCUT2D eigenvalue weighted by molar-refractivity contribution is 0.602. The van der Waals surface area contributed by atoms with E-state index in [1.807, 2.05) is 0 Å². The van der Waals surface area contributed by atoms with E-state index in [-0.39, 0.29) is 10.7 Å². The second-order valence-corrected chi connectivity index (χ2v) is 5.48. The van der Waals surface area contributed by atoms with Gasteiger partial charge in [0.05, 0.1) is 10.6 Å². The van der Waals surface area contributed by atoms with E-state index in [0.717, 1.165) is 6.26 Å². The molecule has 5 heteroatoms. The molecule has 84 valence electrons. The molecule has 0 atom stereocenters. The minimum absolute atomic E-state index is 0.221. The summed E-state index contributed by atoms with van der Waals surface area (Å²) in [6.07, 6.45) is 2.69. The normalized spacial score (nSPS) is 11.6. The van der Waals surface area contributed by atoms with Crippen LogP contribution in [-0.2, 0) is 9.84 Å². The Balaban J connectivity index is 2.58. The number of rotatable bonds is 2. The van der Waals surface area contributed by atoms with Gasteiger partial charge in [-0.15, -0.1) is 0 Å². The number of aromatic nitrogens is 1. The van der Waals surface area contributed by atoms with Crippen molar-refractivity contribution in [3.63, 3.8) is 0 Å². The molecule has 3 nitrogen and oxygen atoms in total. The minimum Gasteiger partial charge on any atom is -0.360 e. The summed E-state index contributed by atoms with van der Waals surface area (Å²) < 4.78 is 35.7. The fourth-order valence-electron chi connectivity index (χ4n) is 1.51. The summed E-state index contributed by atoms with van der Waals surface area (Å²) in [4.78, 5) is 3.07. The molecule has 0 aliphatic heterocycles. The highest BCUT2D eigenvalue weighted by atomic mass is 32.2. The molecule has 1 heterocycles. The summed E-state index contributed by atoms with van der Waals surface area (Å²) in [5, 5.41) is 0. The number of nitrogens with one attached hydrogen (secondary N) is 1. The summed E-state index contributed by atoms with van der Waals surface area (Å²) in [7, 11) is -3.27. The van der Waals surface area contributed by atoms with Gasteiger partial charge in [0.15, 0.2) is 9.84 Å². The summed E-state index contributed by atoms with van der Waals surface area (Å²) >= 11 is 0. The monoisotopic (exact) mass is 239 g/mol. The van der Waals surface area contributed by atoms with E-state index >= 15 is 0 Å². The molecular weight excluding hydrogens is 229 g/mol. The number of H-pyrrole nitrogens is 1. The average Bonchev–Trinajstić information content (AvgIpc) is 2.66. The van der Waals surface area contributed by atoms with E-state index in [0.29, 0.717) is 11.3 Å². The lowest BCUT2D eigenvalue weighted by Gasteiger charge is -2.02. The molecule has 0 aliphatic rings. The Kier molecular flexibility index (Phi) is 2.55. The molecule has 0 saturated heterocycles. The van der Waals surface area contributed by atoms with Crippen LogP contribution in [0.15, 0.2) is 41.4 Å². The van der Waals surface area contributed by atoms with Crippen molar-refractivity contribution in [2.24, 2.45) is 0 Å². The molecule has 0 fully saturated rings. The maximum Gasteiger partial charge on any atom is 0.177 e. The first kappa shape index (κ1) is 10.9. The number of sulfone groups is 1. The van der Waals surface area contributed by atoms with Gasteiger partial charge >= 0.3 is 0 Å². The van der Waals surface area contributed by atoms with Crippen molar-refractivity contribution >= 4 is 9.84 Å². The second kappa shape index (κ2) is 3.75. The van der Waals surface area contributed by atoms with Crippen LogP contribution in [0.25, 0.3) is 11.3 Å². The number of halogens is 1. The van der Waals surface area contributed by atoms with Gasteiger partial charge < -0.3 is 4.98 Å². The van der Waals surface area contributed by atoms with Crippen molar-refractivity contribution in [3.05, 3.63) is 42.3 Å². The first-order chi connectivity index (χ1) is 7.48. The van der Waals surface area contributed by atoms with Crippen LogP contribution in [0.3, 0.4) is 0 Å². The predicted octanol–water partition coefficient (Wildman–Crippen LogP) is 2.22. The van der Waals surface area contributed by atoms with Gasteiger partial charge in [0, 0.05) is 12.5 Å². The summed E-state index contributed by atoms with van der Waals surface area (Å²) in [5.41, 5.74) is 1.13. The van der Waals surface area contributed by atoms with Crippen molar-refractivity contribution in [1.82, 2.24) is 4.98 Å². The van der Waals surface area contributed by atoms with Crippen LogP contribution < -0.4 is 0 Å².